The van der Waals surface area contributed by atoms with Crippen LogP contribution in [0.15, 0.2) is 6.07 Å². The summed E-state index contributed by atoms with van der Waals surface area (Å²) >= 11 is 5.06. The van der Waals surface area contributed by atoms with Crippen LogP contribution in [0.2, 0.25) is 0 Å². The van der Waals surface area contributed by atoms with Crippen molar-refractivity contribution >= 4 is 32.9 Å². The lowest BCUT2D eigenvalue weighted by Gasteiger charge is -2.19. The van der Waals surface area contributed by atoms with E-state index in [2.05, 4.69) is 10.3 Å². The Morgan fingerprint density at radius 1 is 1.45 bits per heavy atom. The van der Waals surface area contributed by atoms with Gasteiger partial charge in [0.25, 0.3) is 0 Å². The largest absolute Gasteiger partial charge is 0.389 e. The number of hydrogen-bond acceptors (Lipinski definition) is 5. The van der Waals surface area contributed by atoms with Gasteiger partial charge < -0.3 is 11.1 Å². The molecule has 0 unspecified atom stereocenters. The second kappa shape index (κ2) is 6.05. The first-order valence-corrected chi connectivity index (χ1v) is 9.08. The number of hydrogen-bond donors (Lipinski definition) is 2. The Labute approximate surface area is 124 Å². The summed E-state index contributed by atoms with van der Waals surface area (Å²) in [5, 5.41) is 3.04. The van der Waals surface area contributed by atoms with Gasteiger partial charge in [0.1, 0.15) is 20.6 Å². The number of nitrogens with zero attached hydrogens (tertiary/aromatic N) is 1. The smallest absolute Gasteiger partial charge is 0.149 e. The first kappa shape index (κ1) is 15.2. The minimum absolute atomic E-state index is 0.0581. The van der Waals surface area contributed by atoms with Crippen molar-refractivity contribution in [3.05, 3.63) is 22.9 Å². The summed E-state index contributed by atoms with van der Waals surface area (Å²) in [6.45, 7) is 0.306. The molecule has 0 radical (unpaired) electrons. The van der Waals surface area contributed by atoms with Gasteiger partial charge in [0, 0.05) is 18.5 Å². The Bertz CT molecular complexity index is 627. The molecule has 5 nitrogen and oxygen atoms in total. The van der Waals surface area contributed by atoms with Crippen molar-refractivity contribution in [3.8, 4) is 0 Å². The highest BCUT2D eigenvalue weighted by Crippen LogP contribution is 2.24. The third-order valence-corrected chi connectivity index (χ3v) is 4.50. The molecule has 0 saturated heterocycles. The van der Waals surface area contributed by atoms with Crippen molar-refractivity contribution in [2.75, 3.05) is 23.9 Å². The average Bonchev–Trinajstić information content (AvgIpc) is 2.36. The predicted molar refractivity (Wildman–Crippen MR) is 85.0 cm³/mol. The monoisotopic (exact) mass is 313 g/mol. The molecule has 3 N–H and O–H groups in total. The van der Waals surface area contributed by atoms with Gasteiger partial charge in [-0.3, -0.25) is 0 Å². The van der Waals surface area contributed by atoms with E-state index in [1.165, 1.54) is 11.8 Å². The third-order valence-electron chi connectivity index (χ3n) is 3.33. The maximum Gasteiger partial charge on any atom is 0.149 e. The molecule has 1 heterocycles. The zero-order valence-electron chi connectivity index (χ0n) is 11.5. The van der Waals surface area contributed by atoms with Gasteiger partial charge in [0.15, 0.2) is 0 Å². The molecule has 0 aliphatic heterocycles. The van der Waals surface area contributed by atoms with Crippen LogP contribution in [0.4, 0.5) is 5.82 Å². The number of thiocarbonyl (C=S) groups is 1. The van der Waals surface area contributed by atoms with Crippen LogP contribution in [-0.4, -0.2) is 36.9 Å². The molecular weight excluding hydrogens is 294 g/mol. The Morgan fingerprint density at radius 3 is 2.80 bits per heavy atom. The van der Waals surface area contributed by atoms with E-state index in [4.69, 9.17) is 18.0 Å². The van der Waals surface area contributed by atoms with Gasteiger partial charge in [-0.2, -0.15) is 0 Å². The number of aromatic nitrogens is 1. The molecule has 20 heavy (non-hydrogen) atoms. The van der Waals surface area contributed by atoms with Crippen molar-refractivity contribution in [1.29, 1.82) is 0 Å². The lowest BCUT2D eigenvalue weighted by molar-refractivity contribution is 0.602. The molecular formula is C13H19N3O2S2. The SMILES string of the molecule is CS(=O)(=O)CCNc1nc2c(cc1C(N)=S)CCCC2. The van der Waals surface area contributed by atoms with Gasteiger partial charge in [-0.15, -0.1) is 0 Å². The Kier molecular flexibility index (Phi) is 4.59. The average molecular weight is 313 g/mol. The van der Waals surface area contributed by atoms with Crippen LogP contribution >= 0.6 is 12.2 Å². The number of rotatable bonds is 5. The van der Waals surface area contributed by atoms with Crippen molar-refractivity contribution in [1.82, 2.24) is 4.98 Å². The molecule has 2 rings (SSSR count). The highest BCUT2D eigenvalue weighted by Gasteiger charge is 2.16. The Hall–Kier alpha value is -1.21. The van der Waals surface area contributed by atoms with E-state index in [-0.39, 0.29) is 10.7 Å². The van der Waals surface area contributed by atoms with Crippen molar-refractivity contribution in [3.63, 3.8) is 0 Å². The maximum atomic E-state index is 11.2. The van der Waals surface area contributed by atoms with Crippen LogP contribution in [0, 0.1) is 0 Å². The van der Waals surface area contributed by atoms with E-state index < -0.39 is 9.84 Å². The quantitative estimate of drug-likeness (QED) is 0.791. The van der Waals surface area contributed by atoms with Gasteiger partial charge >= 0.3 is 0 Å². The van der Waals surface area contributed by atoms with Crippen LogP contribution < -0.4 is 11.1 Å². The molecule has 1 aliphatic rings. The summed E-state index contributed by atoms with van der Waals surface area (Å²) in [7, 11) is -3.00. The molecule has 110 valence electrons. The molecule has 0 spiro atoms. The highest BCUT2D eigenvalue weighted by molar-refractivity contribution is 7.90. The summed E-state index contributed by atoms with van der Waals surface area (Å²) in [6.07, 6.45) is 5.46. The lowest BCUT2D eigenvalue weighted by atomic mass is 9.94. The van der Waals surface area contributed by atoms with E-state index >= 15 is 0 Å². The maximum absolute atomic E-state index is 11.2. The summed E-state index contributed by atoms with van der Waals surface area (Å²) < 4.78 is 22.3. The number of nitrogens with one attached hydrogen (secondary N) is 1. The first-order chi connectivity index (χ1) is 9.37. The van der Waals surface area contributed by atoms with Crippen LogP contribution in [0.25, 0.3) is 0 Å². The van der Waals surface area contributed by atoms with Crippen LogP contribution in [0.3, 0.4) is 0 Å². The number of fused-ring (bicyclic) bond motifs is 1. The standard InChI is InChI=1S/C13H19N3O2S2/c1-20(17,18)7-6-15-13-10(12(14)19)8-9-4-2-3-5-11(9)16-13/h8H,2-7H2,1H3,(H2,14,19)(H,15,16). The fourth-order valence-corrected chi connectivity index (χ4v) is 2.94. The van der Waals surface area contributed by atoms with Gasteiger partial charge in [-0.05, 0) is 37.3 Å². The zero-order valence-corrected chi connectivity index (χ0v) is 13.1. The summed E-state index contributed by atoms with van der Waals surface area (Å²) in [5.74, 6) is 0.657. The fraction of sp³-hybridized carbons (Fsp3) is 0.538. The zero-order chi connectivity index (χ0) is 14.8. The molecule has 0 atom stereocenters. The molecule has 0 fully saturated rings. The third kappa shape index (κ3) is 3.89. The normalized spacial score (nSPS) is 14.7. The first-order valence-electron chi connectivity index (χ1n) is 6.61. The molecule has 1 aromatic rings. The van der Waals surface area contributed by atoms with Gasteiger partial charge in [-0.1, -0.05) is 12.2 Å². The number of aryl methyl sites for hydroxylation is 2. The van der Waals surface area contributed by atoms with Gasteiger partial charge in [0.05, 0.1) is 11.3 Å². The molecule has 0 aromatic carbocycles. The fourth-order valence-electron chi connectivity index (χ4n) is 2.31. The molecule has 1 aromatic heterocycles. The highest BCUT2D eigenvalue weighted by atomic mass is 32.2. The van der Waals surface area contributed by atoms with Crippen molar-refractivity contribution < 1.29 is 8.42 Å². The van der Waals surface area contributed by atoms with Crippen molar-refractivity contribution in [2.24, 2.45) is 5.73 Å². The van der Waals surface area contributed by atoms with Gasteiger partial charge in [-0.25, -0.2) is 13.4 Å². The van der Waals surface area contributed by atoms with Crippen LogP contribution in [0.5, 0.6) is 0 Å². The van der Waals surface area contributed by atoms with E-state index in [0.717, 1.165) is 31.4 Å². The molecule has 1 aliphatic carbocycles. The molecule has 0 saturated carbocycles. The lowest BCUT2D eigenvalue weighted by Crippen LogP contribution is -2.21. The number of nitrogens with two attached hydrogens (primary N) is 1. The minimum Gasteiger partial charge on any atom is -0.389 e. The van der Waals surface area contributed by atoms with E-state index in [1.807, 2.05) is 6.07 Å². The van der Waals surface area contributed by atoms with E-state index in [9.17, 15) is 8.42 Å². The summed E-state index contributed by atoms with van der Waals surface area (Å²) in [6, 6.07) is 1.99. The van der Waals surface area contributed by atoms with E-state index in [0.29, 0.717) is 17.9 Å². The van der Waals surface area contributed by atoms with E-state index in [1.54, 1.807) is 0 Å². The molecule has 7 heteroatoms. The number of sulfone groups is 1. The van der Waals surface area contributed by atoms with Gasteiger partial charge in [0.2, 0.25) is 0 Å². The second-order valence-corrected chi connectivity index (χ2v) is 7.82. The minimum atomic E-state index is -3.00. The topological polar surface area (TPSA) is 85.1 Å². The number of anilines is 1. The Balaban J connectivity index is 2.23. The van der Waals surface area contributed by atoms with Crippen molar-refractivity contribution in [2.45, 2.75) is 25.7 Å². The van der Waals surface area contributed by atoms with Crippen LogP contribution in [0.1, 0.15) is 29.7 Å². The molecule has 0 bridgehead atoms. The second-order valence-electron chi connectivity index (χ2n) is 5.12. The predicted octanol–water partition coefficient (Wildman–Crippen LogP) is 1.05. The summed E-state index contributed by atoms with van der Waals surface area (Å²) in [4.78, 5) is 4.87. The Morgan fingerprint density at radius 2 is 2.15 bits per heavy atom. The van der Waals surface area contributed by atoms with Crippen LogP contribution in [-0.2, 0) is 22.7 Å². The summed E-state index contributed by atoms with van der Waals surface area (Å²) in [5.41, 5.74) is 8.71. The number of pyridine rings is 1. The molecule has 0 amide bonds.